The van der Waals surface area contributed by atoms with Crippen molar-refractivity contribution in [1.82, 2.24) is 4.90 Å². The molecule has 1 N–H and O–H groups in total. The highest BCUT2D eigenvalue weighted by Crippen LogP contribution is 2.23. The number of hydrogen-bond donors (Lipinski definition) is 1. The maximum atomic E-state index is 9.49. The van der Waals surface area contributed by atoms with Crippen LogP contribution in [0.5, 0.6) is 0 Å². The van der Waals surface area contributed by atoms with Gasteiger partial charge in [0.25, 0.3) is 0 Å². The number of anilines is 1. The Morgan fingerprint density at radius 1 is 1.25 bits per heavy atom. The molecule has 1 fully saturated rings. The molecule has 1 aromatic carbocycles. The SMILES string of the molecule is CC1CN(C)CC(CO)N1c1ccccc1. The summed E-state index contributed by atoms with van der Waals surface area (Å²) in [5, 5.41) is 9.49. The topological polar surface area (TPSA) is 26.7 Å². The summed E-state index contributed by atoms with van der Waals surface area (Å²) in [4.78, 5) is 4.62. The summed E-state index contributed by atoms with van der Waals surface area (Å²) >= 11 is 0. The van der Waals surface area contributed by atoms with Crippen LogP contribution in [0.2, 0.25) is 0 Å². The minimum atomic E-state index is 0.205. The predicted molar refractivity (Wildman–Crippen MR) is 66.8 cm³/mol. The van der Waals surface area contributed by atoms with E-state index in [1.54, 1.807) is 0 Å². The van der Waals surface area contributed by atoms with Gasteiger partial charge in [0.1, 0.15) is 0 Å². The van der Waals surface area contributed by atoms with E-state index in [4.69, 9.17) is 0 Å². The normalized spacial score (nSPS) is 27.1. The summed E-state index contributed by atoms with van der Waals surface area (Å²) < 4.78 is 0. The standard InChI is InChI=1S/C13H20N2O/c1-11-8-14(2)9-13(10-16)15(11)12-6-4-3-5-7-12/h3-7,11,13,16H,8-10H2,1-2H3. The highest BCUT2D eigenvalue weighted by Gasteiger charge is 2.29. The molecule has 1 aliphatic rings. The highest BCUT2D eigenvalue weighted by molar-refractivity contribution is 5.49. The second-order valence-electron chi connectivity index (χ2n) is 4.65. The van der Waals surface area contributed by atoms with Crippen molar-refractivity contribution in [2.75, 3.05) is 31.6 Å². The van der Waals surface area contributed by atoms with E-state index in [1.165, 1.54) is 5.69 Å². The quantitative estimate of drug-likeness (QED) is 0.811. The highest BCUT2D eigenvalue weighted by atomic mass is 16.3. The minimum absolute atomic E-state index is 0.205. The van der Waals surface area contributed by atoms with Gasteiger partial charge in [-0.25, -0.2) is 0 Å². The number of benzene rings is 1. The number of aliphatic hydroxyl groups is 1. The molecule has 1 aromatic rings. The largest absolute Gasteiger partial charge is 0.394 e. The van der Waals surface area contributed by atoms with Crippen LogP contribution in [0.4, 0.5) is 5.69 Å². The van der Waals surface area contributed by atoms with Crippen molar-refractivity contribution in [2.45, 2.75) is 19.0 Å². The van der Waals surface area contributed by atoms with Gasteiger partial charge in [0, 0.05) is 24.8 Å². The zero-order valence-electron chi connectivity index (χ0n) is 10.0. The van der Waals surface area contributed by atoms with Crippen molar-refractivity contribution in [3.8, 4) is 0 Å². The average molecular weight is 220 g/mol. The van der Waals surface area contributed by atoms with E-state index in [0.717, 1.165) is 13.1 Å². The first-order chi connectivity index (χ1) is 7.72. The van der Waals surface area contributed by atoms with Gasteiger partial charge < -0.3 is 14.9 Å². The van der Waals surface area contributed by atoms with Gasteiger partial charge in [-0.1, -0.05) is 18.2 Å². The number of rotatable bonds is 2. The van der Waals surface area contributed by atoms with Gasteiger partial charge in [0.2, 0.25) is 0 Å². The van der Waals surface area contributed by atoms with Crippen LogP contribution in [0.1, 0.15) is 6.92 Å². The lowest BCUT2D eigenvalue weighted by Gasteiger charge is -2.45. The lowest BCUT2D eigenvalue weighted by Crippen LogP contribution is -2.58. The molecular weight excluding hydrogens is 200 g/mol. The molecule has 0 aromatic heterocycles. The van der Waals surface area contributed by atoms with Gasteiger partial charge in [-0.3, -0.25) is 0 Å². The van der Waals surface area contributed by atoms with Crippen molar-refractivity contribution >= 4 is 5.69 Å². The smallest absolute Gasteiger partial charge is 0.0651 e. The summed E-state index contributed by atoms with van der Waals surface area (Å²) in [6.07, 6.45) is 0. The zero-order valence-corrected chi connectivity index (χ0v) is 10.0. The van der Waals surface area contributed by atoms with E-state index in [0.29, 0.717) is 6.04 Å². The molecule has 3 nitrogen and oxygen atoms in total. The van der Waals surface area contributed by atoms with E-state index in [-0.39, 0.29) is 12.6 Å². The molecule has 16 heavy (non-hydrogen) atoms. The molecule has 0 saturated carbocycles. The summed E-state index contributed by atoms with van der Waals surface area (Å²) in [7, 11) is 2.11. The molecule has 0 bridgehead atoms. The molecule has 0 spiro atoms. The Labute approximate surface area is 97.3 Å². The fourth-order valence-corrected chi connectivity index (χ4v) is 2.63. The van der Waals surface area contributed by atoms with Crippen molar-refractivity contribution in [3.63, 3.8) is 0 Å². The monoisotopic (exact) mass is 220 g/mol. The second kappa shape index (κ2) is 4.85. The summed E-state index contributed by atoms with van der Waals surface area (Å²) in [6, 6.07) is 11.0. The zero-order chi connectivity index (χ0) is 11.5. The van der Waals surface area contributed by atoms with Crippen molar-refractivity contribution < 1.29 is 5.11 Å². The molecule has 0 radical (unpaired) electrons. The number of para-hydroxylation sites is 1. The van der Waals surface area contributed by atoms with Crippen molar-refractivity contribution in [3.05, 3.63) is 30.3 Å². The Morgan fingerprint density at radius 3 is 2.56 bits per heavy atom. The maximum Gasteiger partial charge on any atom is 0.0651 e. The number of likely N-dealkylation sites (N-methyl/N-ethyl adjacent to an activating group) is 1. The van der Waals surface area contributed by atoms with Crippen LogP contribution >= 0.6 is 0 Å². The lowest BCUT2D eigenvalue weighted by atomic mass is 10.1. The third-order valence-corrected chi connectivity index (χ3v) is 3.23. The molecule has 2 atom stereocenters. The third kappa shape index (κ3) is 2.20. The first kappa shape index (κ1) is 11.4. The molecule has 1 heterocycles. The molecule has 1 aliphatic heterocycles. The summed E-state index contributed by atoms with van der Waals surface area (Å²) in [5.74, 6) is 0. The van der Waals surface area contributed by atoms with Crippen LogP contribution in [0.15, 0.2) is 30.3 Å². The molecule has 88 valence electrons. The van der Waals surface area contributed by atoms with Crippen LogP contribution in [-0.2, 0) is 0 Å². The van der Waals surface area contributed by atoms with Gasteiger partial charge in [0.05, 0.1) is 12.6 Å². The number of nitrogens with zero attached hydrogens (tertiary/aromatic N) is 2. The van der Waals surface area contributed by atoms with Crippen LogP contribution < -0.4 is 4.90 Å². The van der Waals surface area contributed by atoms with E-state index in [1.807, 2.05) is 6.07 Å². The lowest BCUT2D eigenvalue weighted by molar-refractivity contribution is 0.171. The molecule has 0 amide bonds. The summed E-state index contributed by atoms with van der Waals surface area (Å²) in [6.45, 7) is 4.40. The predicted octanol–water partition coefficient (Wildman–Crippen LogP) is 1.19. The second-order valence-corrected chi connectivity index (χ2v) is 4.65. The number of piperazine rings is 1. The van der Waals surface area contributed by atoms with E-state index >= 15 is 0 Å². The van der Waals surface area contributed by atoms with Gasteiger partial charge >= 0.3 is 0 Å². The molecule has 1 saturated heterocycles. The molecule has 0 aliphatic carbocycles. The Hall–Kier alpha value is -1.06. The Morgan fingerprint density at radius 2 is 1.94 bits per heavy atom. The maximum absolute atomic E-state index is 9.49. The van der Waals surface area contributed by atoms with Gasteiger partial charge in [-0.05, 0) is 26.1 Å². The van der Waals surface area contributed by atoms with Crippen LogP contribution in [-0.4, -0.2) is 48.8 Å². The third-order valence-electron chi connectivity index (χ3n) is 3.23. The molecule has 2 unspecified atom stereocenters. The van der Waals surface area contributed by atoms with E-state index in [9.17, 15) is 5.11 Å². The van der Waals surface area contributed by atoms with Crippen LogP contribution in [0, 0.1) is 0 Å². The Bertz CT molecular complexity index is 328. The Balaban J connectivity index is 2.23. The molecule has 2 rings (SSSR count). The van der Waals surface area contributed by atoms with Crippen LogP contribution in [0.25, 0.3) is 0 Å². The minimum Gasteiger partial charge on any atom is -0.394 e. The van der Waals surface area contributed by atoms with Crippen LogP contribution in [0.3, 0.4) is 0 Å². The molecule has 3 heteroatoms. The van der Waals surface area contributed by atoms with Crippen molar-refractivity contribution in [2.24, 2.45) is 0 Å². The number of aliphatic hydroxyl groups excluding tert-OH is 1. The number of hydrogen-bond acceptors (Lipinski definition) is 3. The first-order valence-corrected chi connectivity index (χ1v) is 5.85. The summed E-state index contributed by atoms with van der Waals surface area (Å²) in [5.41, 5.74) is 1.21. The first-order valence-electron chi connectivity index (χ1n) is 5.85. The Kier molecular flexibility index (Phi) is 3.46. The van der Waals surface area contributed by atoms with Gasteiger partial charge in [-0.2, -0.15) is 0 Å². The van der Waals surface area contributed by atoms with Gasteiger partial charge in [-0.15, -0.1) is 0 Å². The van der Waals surface area contributed by atoms with E-state index < -0.39 is 0 Å². The van der Waals surface area contributed by atoms with Crippen molar-refractivity contribution in [1.29, 1.82) is 0 Å². The van der Waals surface area contributed by atoms with Gasteiger partial charge in [0.15, 0.2) is 0 Å². The van der Waals surface area contributed by atoms with E-state index in [2.05, 4.69) is 48.0 Å². The molecular formula is C13H20N2O. The fourth-order valence-electron chi connectivity index (χ4n) is 2.63. The average Bonchev–Trinajstić information content (AvgIpc) is 2.29. The fraction of sp³-hybridized carbons (Fsp3) is 0.538.